The predicted octanol–water partition coefficient (Wildman–Crippen LogP) is 3.05. The molecule has 1 N–H and O–H groups in total. The highest BCUT2D eigenvalue weighted by Crippen LogP contribution is 2.37. The number of hydrogen-bond donors (Lipinski definition) is 1. The highest BCUT2D eigenvalue weighted by molar-refractivity contribution is 6.88. The summed E-state index contributed by atoms with van der Waals surface area (Å²) in [6, 6.07) is 8.49. The molecule has 0 unspecified atom stereocenters. The van der Waals surface area contributed by atoms with Gasteiger partial charge in [0.2, 0.25) is 11.8 Å². The molecule has 2 aromatic rings. The summed E-state index contributed by atoms with van der Waals surface area (Å²) in [5, 5.41) is 8.68. The van der Waals surface area contributed by atoms with Crippen LogP contribution in [0.2, 0.25) is 19.6 Å². The van der Waals surface area contributed by atoms with Gasteiger partial charge in [0.15, 0.2) is 5.82 Å². The summed E-state index contributed by atoms with van der Waals surface area (Å²) in [5.74, 6) is 1.17. The Morgan fingerprint density at radius 1 is 1.20 bits per heavy atom. The Balaban J connectivity index is 1.70. The summed E-state index contributed by atoms with van der Waals surface area (Å²) >= 11 is 0. The second-order valence-electron chi connectivity index (χ2n) is 8.10. The average Bonchev–Trinajstić information content (AvgIpc) is 3.17. The molecule has 1 aromatic heterocycles. The van der Waals surface area contributed by atoms with Gasteiger partial charge in [-0.05, 0) is 18.4 Å². The van der Waals surface area contributed by atoms with Gasteiger partial charge in [-0.3, -0.25) is 4.79 Å². The number of nitrogens with one attached hydrogen (secondary N) is 1. The van der Waals surface area contributed by atoms with Crippen LogP contribution in [-0.2, 0) is 16.8 Å². The van der Waals surface area contributed by atoms with E-state index in [1.807, 2.05) is 0 Å². The summed E-state index contributed by atoms with van der Waals surface area (Å²) in [6.07, 6.45) is 4.25. The summed E-state index contributed by atoms with van der Waals surface area (Å²) in [6.45, 7) is 8.75. The topological polar surface area (TPSA) is 68.0 Å². The molecule has 134 valence electrons. The molecule has 1 amide bonds. The zero-order chi connectivity index (χ0) is 18.1. The van der Waals surface area contributed by atoms with Crippen molar-refractivity contribution >= 4 is 19.2 Å². The van der Waals surface area contributed by atoms with Crippen molar-refractivity contribution in [2.24, 2.45) is 0 Å². The molecule has 0 saturated heterocycles. The van der Waals surface area contributed by atoms with Crippen molar-refractivity contribution < 1.29 is 9.32 Å². The van der Waals surface area contributed by atoms with Crippen molar-refractivity contribution in [3.8, 4) is 0 Å². The highest BCUT2D eigenvalue weighted by atomic mass is 28.3. The van der Waals surface area contributed by atoms with Gasteiger partial charge in [-0.25, -0.2) is 0 Å². The minimum Gasteiger partial charge on any atom is -0.343 e. The molecule has 1 aliphatic carbocycles. The van der Waals surface area contributed by atoms with Gasteiger partial charge in [0, 0.05) is 6.92 Å². The third kappa shape index (κ3) is 4.00. The Kier molecular flexibility index (Phi) is 4.82. The Hall–Kier alpha value is -1.95. The van der Waals surface area contributed by atoms with Crippen molar-refractivity contribution in [1.29, 1.82) is 0 Å². The van der Waals surface area contributed by atoms with Gasteiger partial charge < -0.3 is 9.84 Å². The van der Waals surface area contributed by atoms with Crippen LogP contribution in [0.1, 0.15) is 43.0 Å². The molecular formula is C19H27N3O2Si. The molecule has 1 fully saturated rings. The molecule has 6 heteroatoms. The quantitative estimate of drug-likeness (QED) is 0.835. The van der Waals surface area contributed by atoms with E-state index in [1.165, 1.54) is 5.19 Å². The maximum Gasteiger partial charge on any atom is 0.225 e. The first-order valence-corrected chi connectivity index (χ1v) is 12.5. The molecular weight excluding hydrogens is 330 g/mol. The third-order valence-electron chi connectivity index (χ3n) is 4.98. The summed E-state index contributed by atoms with van der Waals surface area (Å²) in [4.78, 5) is 17.0. The third-order valence-corrected chi connectivity index (χ3v) is 7.04. The van der Waals surface area contributed by atoms with Crippen molar-refractivity contribution in [2.75, 3.05) is 0 Å². The van der Waals surface area contributed by atoms with Gasteiger partial charge in [0.05, 0.1) is 14.5 Å². The maximum atomic E-state index is 12.6. The standard InChI is InChI=1S/C19H27N3O2Si/c1-14-20-18(22-24-14)19(11-5-6-12-19)21-17(23)13-15-7-9-16(10-8-15)25(2,3)4/h7-10H,5-6,11-13H2,1-4H3,(H,21,23). The molecule has 0 atom stereocenters. The fourth-order valence-electron chi connectivity index (χ4n) is 3.50. The monoisotopic (exact) mass is 357 g/mol. The minimum absolute atomic E-state index is 0.0186. The van der Waals surface area contributed by atoms with E-state index in [-0.39, 0.29) is 5.91 Å². The minimum atomic E-state index is -1.31. The van der Waals surface area contributed by atoms with Crippen molar-refractivity contribution in [2.45, 2.75) is 64.2 Å². The predicted molar refractivity (Wildman–Crippen MR) is 100 cm³/mol. The Morgan fingerprint density at radius 2 is 1.84 bits per heavy atom. The lowest BCUT2D eigenvalue weighted by Crippen LogP contribution is -2.45. The number of amides is 1. The second kappa shape index (κ2) is 6.75. The van der Waals surface area contributed by atoms with E-state index in [0.29, 0.717) is 18.1 Å². The highest BCUT2D eigenvalue weighted by Gasteiger charge is 2.41. The zero-order valence-corrected chi connectivity index (χ0v) is 16.6. The van der Waals surface area contributed by atoms with Crippen molar-refractivity contribution in [3.63, 3.8) is 0 Å². The molecule has 0 radical (unpaired) electrons. The lowest BCUT2D eigenvalue weighted by Gasteiger charge is -2.26. The summed E-state index contributed by atoms with van der Waals surface area (Å²) in [5.41, 5.74) is 0.574. The van der Waals surface area contributed by atoms with Crippen molar-refractivity contribution in [1.82, 2.24) is 15.5 Å². The molecule has 0 aliphatic heterocycles. The Labute approximate surface area is 150 Å². The fraction of sp³-hybridized carbons (Fsp3) is 0.526. The van der Waals surface area contributed by atoms with E-state index in [1.54, 1.807) is 6.92 Å². The van der Waals surface area contributed by atoms with Crippen LogP contribution >= 0.6 is 0 Å². The van der Waals surface area contributed by atoms with Crippen molar-refractivity contribution in [3.05, 3.63) is 41.5 Å². The first kappa shape index (κ1) is 17.9. The first-order chi connectivity index (χ1) is 11.8. The molecule has 1 saturated carbocycles. The van der Waals surface area contributed by atoms with E-state index >= 15 is 0 Å². The van der Waals surface area contributed by atoms with Crippen LogP contribution in [0.5, 0.6) is 0 Å². The number of aryl methyl sites for hydroxylation is 1. The average molecular weight is 358 g/mol. The normalized spacial score (nSPS) is 16.8. The molecule has 1 aromatic carbocycles. The van der Waals surface area contributed by atoms with E-state index in [4.69, 9.17) is 4.52 Å². The number of carbonyl (C=O) groups excluding carboxylic acids is 1. The maximum absolute atomic E-state index is 12.6. The van der Waals surface area contributed by atoms with Crippen LogP contribution in [0, 0.1) is 6.92 Å². The van der Waals surface area contributed by atoms with Crippen LogP contribution in [0.15, 0.2) is 28.8 Å². The lowest BCUT2D eigenvalue weighted by atomic mass is 9.96. The van der Waals surface area contributed by atoms with E-state index in [0.717, 1.165) is 31.2 Å². The Bertz CT molecular complexity index is 741. The van der Waals surface area contributed by atoms with Gasteiger partial charge in [-0.15, -0.1) is 0 Å². The van der Waals surface area contributed by atoms with E-state index in [2.05, 4.69) is 59.4 Å². The summed E-state index contributed by atoms with van der Waals surface area (Å²) in [7, 11) is -1.31. The van der Waals surface area contributed by atoms with Crippen LogP contribution in [0.3, 0.4) is 0 Å². The SMILES string of the molecule is Cc1nc(C2(NC(=O)Cc3ccc([Si](C)(C)C)cc3)CCCC2)no1. The summed E-state index contributed by atoms with van der Waals surface area (Å²) < 4.78 is 5.14. The molecule has 3 rings (SSSR count). The van der Waals surface area contributed by atoms with Crippen LogP contribution in [0.25, 0.3) is 0 Å². The van der Waals surface area contributed by atoms with Crippen LogP contribution in [0.4, 0.5) is 0 Å². The van der Waals surface area contributed by atoms with Crippen LogP contribution in [-0.4, -0.2) is 24.1 Å². The molecule has 1 heterocycles. The van der Waals surface area contributed by atoms with Gasteiger partial charge in [-0.2, -0.15) is 4.98 Å². The molecule has 0 spiro atoms. The number of rotatable bonds is 5. The van der Waals surface area contributed by atoms with E-state index in [9.17, 15) is 4.79 Å². The lowest BCUT2D eigenvalue weighted by molar-refractivity contribution is -0.122. The van der Waals surface area contributed by atoms with Gasteiger partial charge in [-0.1, -0.05) is 67.1 Å². The number of aromatic nitrogens is 2. The number of hydrogen-bond acceptors (Lipinski definition) is 4. The molecule has 1 aliphatic rings. The molecule has 5 nitrogen and oxygen atoms in total. The molecule has 0 bridgehead atoms. The smallest absolute Gasteiger partial charge is 0.225 e. The number of benzene rings is 1. The number of nitrogens with zero attached hydrogens (tertiary/aromatic N) is 2. The zero-order valence-electron chi connectivity index (χ0n) is 15.6. The first-order valence-electron chi connectivity index (χ1n) is 9.00. The van der Waals surface area contributed by atoms with Gasteiger partial charge in [0.25, 0.3) is 0 Å². The molecule has 25 heavy (non-hydrogen) atoms. The number of carbonyl (C=O) groups is 1. The largest absolute Gasteiger partial charge is 0.343 e. The second-order valence-corrected chi connectivity index (χ2v) is 13.2. The van der Waals surface area contributed by atoms with E-state index < -0.39 is 13.6 Å². The van der Waals surface area contributed by atoms with Gasteiger partial charge in [0.1, 0.15) is 5.54 Å². The Morgan fingerprint density at radius 3 is 2.36 bits per heavy atom. The fourth-order valence-corrected chi connectivity index (χ4v) is 4.66. The van der Waals surface area contributed by atoms with Gasteiger partial charge >= 0.3 is 0 Å². The van der Waals surface area contributed by atoms with Crippen LogP contribution < -0.4 is 10.5 Å².